The zero-order valence-electron chi connectivity index (χ0n) is 14.7. The van der Waals surface area contributed by atoms with Crippen molar-refractivity contribution >= 4 is 12.2 Å². The van der Waals surface area contributed by atoms with E-state index in [1.54, 1.807) is 41.5 Å². The van der Waals surface area contributed by atoms with Crippen LogP contribution in [0, 0.1) is 0 Å². The molecule has 8 heteroatoms. The van der Waals surface area contributed by atoms with Gasteiger partial charge >= 0.3 is 12.2 Å². The van der Waals surface area contributed by atoms with Gasteiger partial charge in [-0.25, -0.2) is 19.4 Å². The largest absolute Gasteiger partial charge is 0.444 e. The van der Waals surface area contributed by atoms with E-state index in [9.17, 15) is 14.0 Å². The van der Waals surface area contributed by atoms with Crippen molar-refractivity contribution in [3.63, 3.8) is 0 Å². The van der Waals surface area contributed by atoms with Crippen molar-refractivity contribution in [3.05, 3.63) is 0 Å². The molecule has 2 atom stereocenters. The minimum absolute atomic E-state index is 0.0808. The van der Waals surface area contributed by atoms with Gasteiger partial charge in [-0.05, 0) is 48.0 Å². The molecule has 1 aliphatic rings. The molecule has 2 amide bonds. The minimum Gasteiger partial charge on any atom is -0.444 e. The SMILES string of the molecule is CC(C)(C)OC(=O)NN[C@H]1CCN(C(=O)OC(C)(C)C)C[C@H]1F. The Balaban J connectivity index is 2.41. The predicted molar refractivity (Wildman–Crippen MR) is 83.6 cm³/mol. The average molecular weight is 333 g/mol. The molecule has 1 rings (SSSR count). The summed E-state index contributed by atoms with van der Waals surface area (Å²) in [4.78, 5) is 24.8. The number of rotatable bonds is 2. The summed E-state index contributed by atoms with van der Waals surface area (Å²) in [5, 5.41) is 0. The third-order valence-corrected chi connectivity index (χ3v) is 2.95. The summed E-state index contributed by atoms with van der Waals surface area (Å²) in [6, 6.07) is -0.582. The van der Waals surface area contributed by atoms with Crippen molar-refractivity contribution in [2.24, 2.45) is 0 Å². The van der Waals surface area contributed by atoms with E-state index < -0.39 is 35.6 Å². The van der Waals surface area contributed by atoms with Gasteiger partial charge in [0.1, 0.15) is 17.4 Å². The number of carbonyl (C=O) groups excluding carboxylic acids is 2. The van der Waals surface area contributed by atoms with Gasteiger partial charge in [-0.15, -0.1) is 0 Å². The molecule has 0 unspecified atom stereocenters. The first-order chi connectivity index (χ1) is 10.4. The summed E-state index contributed by atoms with van der Waals surface area (Å²) in [7, 11) is 0. The van der Waals surface area contributed by atoms with Crippen LogP contribution in [0.15, 0.2) is 0 Å². The number of alkyl halides is 1. The number of hydrazine groups is 1. The zero-order valence-corrected chi connectivity index (χ0v) is 14.7. The lowest BCUT2D eigenvalue weighted by Gasteiger charge is -2.35. The highest BCUT2D eigenvalue weighted by molar-refractivity contribution is 5.68. The van der Waals surface area contributed by atoms with Crippen molar-refractivity contribution in [1.29, 1.82) is 0 Å². The van der Waals surface area contributed by atoms with Crippen LogP contribution in [0.3, 0.4) is 0 Å². The number of hydrogen-bond acceptors (Lipinski definition) is 5. The highest BCUT2D eigenvalue weighted by Crippen LogP contribution is 2.17. The summed E-state index contributed by atoms with van der Waals surface area (Å²) in [6.07, 6.45) is -2.15. The number of halogens is 1. The molecular formula is C15H28FN3O4. The van der Waals surface area contributed by atoms with Crippen LogP contribution in [0.2, 0.25) is 0 Å². The van der Waals surface area contributed by atoms with Crippen LogP contribution in [0.4, 0.5) is 14.0 Å². The Morgan fingerprint density at radius 3 is 2.13 bits per heavy atom. The molecule has 0 radical (unpaired) electrons. The van der Waals surface area contributed by atoms with Crippen LogP contribution >= 0.6 is 0 Å². The smallest absolute Gasteiger partial charge is 0.422 e. The number of carbonyl (C=O) groups is 2. The standard InChI is InChI=1S/C15H28FN3O4/c1-14(2,3)22-12(20)18-17-11-7-8-19(9-10(11)16)13(21)23-15(4,5)6/h10-11,17H,7-9H2,1-6H3,(H,18,20)/t10-,11+/m1/s1. The van der Waals surface area contributed by atoms with Gasteiger partial charge < -0.3 is 14.4 Å². The molecule has 0 bridgehead atoms. The number of amides is 2. The fraction of sp³-hybridized carbons (Fsp3) is 0.867. The second kappa shape index (κ2) is 7.33. The zero-order chi connectivity index (χ0) is 17.8. The monoisotopic (exact) mass is 333 g/mol. The highest BCUT2D eigenvalue weighted by Gasteiger charge is 2.34. The van der Waals surface area contributed by atoms with Gasteiger partial charge in [-0.1, -0.05) is 0 Å². The maximum Gasteiger partial charge on any atom is 0.422 e. The highest BCUT2D eigenvalue weighted by atomic mass is 19.1. The third kappa shape index (κ3) is 7.49. The molecular weight excluding hydrogens is 305 g/mol. The molecule has 1 saturated heterocycles. The predicted octanol–water partition coefficient (Wildman–Crippen LogP) is 2.36. The minimum atomic E-state index is -1.31. The van der Waals surface area contributed by atoms with Crippen molar-refractivity contribution in [1.82, 2.24) is 15.8 Å². The number of nitrogens with zero attached hydrogens (tertiary/aromatic N) is 1. The molecule has 1 heterocycles. The van der Waals surface area contributed by atoms with Gasteiger partial charge in [-0.3, -0.25) is 5.43 Å². The molecule has 0 aliphatic carbocycles. The van der Waals surface area contributed by atoms with Gasteiger partial charge in [0.15, 0.2) is 0 Å². The fourth-order valence-corrected chi connectivity index (χ4v) is 2.01. The number of hydrogen-bond donors (Lipinski definition) is 2. The van der Waals surface area contributed by atoms with Crippen LogP contribution in [-0.4, -0.2) is 53.6 Å². The van der Waals surface area contributed by atoms with Crippen LogP contribution in [0.1, 0.15) is 48.0 Å². The number of piperidine rings is 1. The van der Waals surface area contributed by atoms with E-state index in [1.165, 1.54) is 4.90 Å². The van der Waals surface area contributed by atoms with Gasteiger partial charge in [0.2, 0.25) is 0 Å². The molecule has 2 N–H and O–H groups in total. The molecule has 0 saturated carbocycles. The maximum absolute atomic E-state index is 14.2. The van der Waals surface area contributed by atoms with Gasteiger partial charge in [0, 0.05) is 6.54 Å². The molecule has 0 spiro atoms. The van der Waals surface area contributed by atoms with E-state index in [4.69, 9.17) is 9.47 Å². The normalized spacial score (nSPS) is 22.5. The van der Waals surface area contributed by atoms with E-state index in [0.717, 1.165) is 0 Å². The van der Waals surface area contributed by atoms with Crippen molar-refractivity contribution in [2.45, 2.75) is 71.4 Å². The van der Waals surface area contributed by atoms with E-state index in [2.05, 4.69) is 10.9 Å². The fourth-order valence-electron chi connectivity index (χ4n) is 2.01. The van der Waals surface area contributed by atoms with E-state index in [-0.39, 0.29) is 6.54 Å². The first-order valence-corrected chi connectivity index (χ1v) is 7.74. The van der Waals surface area contributed by atoms with Gasteiger partial charge in [0.05, 0.1) is 12.6 Å². The van der Waals surface area contributed by atoms with Crippen LogP contribution in [0.25, 0.3) is 0 Å². The van der Waals surface area contributed by atoms with Crippen LogP contribution < -0.4 is 10.9 Å². The molecule has 0 aromatic carbocycles. The van der Waals surface area contributed by atoms with Crippen molar-refractivity contribution in [2.75, 3.05) is 13.1 Å². The Morgan fingerprint density at radius 1 is 1.09 bits per heavy atom. The quantitative estimate of drug-likeness (QED) is 0.758. The Bertz CT molecular complexity index is 431. The second-order valence-corrected chi connectivity index (χ2v) is 7.61. The van der Waals surface area contributed by atoms with Crippen LogP contribution in [-0.2, 0) is 9.47 Å². The molecule has 134 valence electrons. The van der Waals surface area contributed by atoms with E-state index >= 15 is 0 Å². The number of likely N-dealkylation sites (tertiary alicyclic amines) is 1. The second-order valence-electron chi connectivity index (χ2n) is 7.61. The number of nitrogens with one attached hydrogen (secondary N) is 2. The molecule has 0 aromatic rings. The lowest BCUT2D eigenvalue weighted by atomic mass is 10.0. The van der Waals surface area contributed by atoms with E-state index in [0.29, 0.717) is 13.0 Å². The Hall–Kier alpha value is -1.57. The van der Waals surface area contributed by atoms with Crippen molar-refractivity contribution < 1.29 is 23.5 Å². The Kier molecular flexibility index (Phi) is 6.21. The van der Waals surface area contributed by atoms with E-state index in [1.807, 2.05) is 0 Å². The average Bonchev–Trinajstić information content (AvgIpc) is 2.33. The first kappa shape index (κ1) is 19.5. The maximum atomic E-state index is 14.2. The lowest BCUT2D eigenvalue weighted by Crippen LogP contribution is -2.57. The summed E-state index contributed by atoms with van der Waals surface area (Å²) in [6.45, 7) is 10.8. The lowest BCUT2D eigenvalue weighted by molar-refractivity contribution is 0.00706. The number of ether oxygens (including phenoxy) is 2. The topological polar surface area (TPSA) is 79.9 Å². The summed E-state index contributed by atoms with van der Waals surface area (Å²) in [5.41, 5.74) is 3.72. The molecule has 0 aromatic heterocycles. The Morgan fingerprint density at radius 2 is 1.65 bits per heavy atom. The molecule has 1 fully saturated rings. The molecule has 1 aliphatic heterocycles. The van der Waals surface area contributed by atoms with Gasteiger partial charge in [-0.2, -0.15) is 0 Å². The summed E-state index contributed by atoms with van der Waals surface area (Å²) < 4.78 is 24.5. The molecule has 23 heavy (non-hydrogen) atoms. The Labute approximate surface area is 136 Å². The molecule has 7 nitrogen and oxygen atoms in total. The summed E-state index contributed by atoms with van der Waals surface area (Å²) >= 11 is 0. The van der Waals surface area contributed by atoms with Crippen LogP contribution in [0.5, 0.6) is 0 Å². The van der Waals surface area contributed by atoms with Crippen molar-refractivity contribution in [3.8, 4) is 0 Å². The van der Waals surface area contributed by atoms with Gasteiger partial charge in [0.25, 0.3) is 0 Å². The summed E-state index contributed by atoms with van der Waals surface area (Å²) in [5.74, 6) is 0. The third-order valence-electron chi connectivity index (χ3n) is 2.95. The first-order valence-electron chi connectivity index (χ1n) is 7.74.